The van der Waals surface area contributed by atoms with Crippen molar-refractivity contribution in [3.63, 3.8) is 0 Å². The summed E-state index contributed by atoms with van der Waals surface area (Å²) in [5, 5.41) is 4.84. The minimum Gasteiger partial charge on any atom is -0.423 e. The van der Waals surface area contributed by atoms with Crippen molar-refractivity contribution >= 4 is 23.2 Å². The minimum atomic E-state index is -0.451. The van der Waals surface area contributed by atoms with E-state index in [4.69, 9.17) is 21.2 Å². The molecule has 0 bridgehead atoms. The first-order valence-corrected chi connectivity index (χ1v) is 7.73. The summed E-state index contributed by atoms with van der Waals surface area (Å²) in [6.07, 6.45) is 0. The molecule has 2 aromatic heterocycles. The van der Waals surface area contributed by atoms with Crippen LogP contribution in [0.2, 0.25) is 0 Å². The van der Waals surface area contributed by atoms with Gasteiger partial charge in [0.1, 0.15) is 5.58 Å². The average molecular weight is 336 g/mol. The Hall–Kier alpha value is -2.99. The van der Waals surface area contributed by atoms with E-state index in [9.17, 15) is 4.79 Å². The zero-order valence-electron chi connectivity index (χ0n) is 12.7. The smallest absolute Gasteiger partial charge is 0.336 e. The SMILES string of the molecule is Cc1ccc(-n2c(-c3cc(=O)oc4ccccc34)noc2=S)cc1. The number of aryl methyl sites for hydroxylation is 1. The lowest BCUT2D eigenvalue weighted by Gasteiger charge is -2.07. The maximum Gasteiger partial charge on any atom is 0.336 e. The number of benzene rings is 2. The maximum absolute atomic E-state index is 11.9. The fraction of sp³-hybridized carbons (Fsp3) is 0.0556. The number of nitrogens with zero attached hydrogens (tertiary/aromatic N) is 2. The van der Waals surface area contributed by atoms with Gasteiger partial charge in [-0.2, -0.15) is 0 Å². The Labute approximate surface area is 141 Å². The number of para-hydroxylation sites is 1. The van der Waals surface area contributed by atoms with Crippen molar-refractivity contribution in [3.8, 4) is 17.1 Å². The normalized spacial score (nSPS) is 11.0. The largest absolute Gasteiger partial charge is 0.423 e. The second-order valence-corrected chi connectivity index (χ2v) is 5.77. The first-order chi connectivity index (χ1) is 11.6. The third kappa shape index (κ3) is 2.37. The molecule has 24 heavy (non-hydrogen) atoms. The average Bonchev–Trinajstić information content (AvgIpc) is 2.96. The van der Waals surface area contributed by atoms with Gasteiger partial charge >= 0.3 is 10.5 Å². The molecule has 0 unspecified atom stereocenters. The number of hydrogen-bond acceptors (Lipinski definition) is 5. The summed E-state index contributed by atoms with van der Waals surface area (Å²) in [6, 6.07) is 16.5. The van der Waals surface area contributed by atoms with Crippen molar-refractivity contribution in [2.75, 3.05) is 0 Å². The zero-order chi connectivity index (χ0) is 16.7. The molecule has 2 heterocycles. The molecule has 6 heteroatoms. The van der Waals surface area contributed by atoms with E-state index >= 15 is 0 Å². The van der Waals surface area contributed by atoms with Crippen LogP contribution in [-0.4, -0.2) is 9.72 Å². The Morgan fingerprint density at radius 2 is 1.83 bits per heavy atom. The van der Waals surface area contributed by atoms with Gasteiger partial charge in [-0.3, -0.25) is 0 Å². The van der Waals surface area contributed by atoms with Crippen molar-refractivity contribution in [1.29, 1.82) is 0 Å². The van der Waals surface area contributed by atoms with E-state index < -0.39 is 5.63 Å². The molecular formula is C18H12N2O3S. The summed E-state index contributed by atoms with van der Waals surface area (Å²) in [4.78, 5) is 12.1. The summed E-state index contributed by atoms with van der Waals surface area (Å²) < 4.78 is 12.2. The highest BCUT2D eigenvalue weighted by molar-refractivity contribution is 7.71. The lowest BCUT2D eigenvalue weighted by Crippen LogP contribution is -2.03. The highest BCUT2D eigenvalue weighted by atomic mass is 32.1. The van der Waals surface area contributed by atoms with Gasteiger partial charge in [-0.1, -0.05) is 41.1 Å². The van der Waals surface area contributed by atoms with Crippen molar-refractivity contribution < 1.29 is 8.94 Å². The van der Waals surface area contributed by atoms with Crippen LogP contribution in [-0.2, 0) is 0 Å². The van der Waals surface area contributed by atoms with Gasteiger partial charge in [-0.15, -0.1) is 0 Å². The van der Waals surface area contributed by atoms with Gasteiger partial charge in [0.15, 0.2) is 5.82 Å². The lowest BCUT2D eigenvalue weighted by atomic mass is 10.1. The van der Waals surface area contributed by atoms with Crippen LogP contribution in [0.3, 0.4) is 0 Å². The second-order valence-electron chi connectivity index (χ2n) is 5.42. The molecular weight excluding hydrogens is 324 g/mol. The van der Waals surface area contributed by atoms with Crippen molar-refractivity contribution in [1.82, 2.24) is 9.72 Å². The van der Waals surface area contributed by atoms with E-state index in [-0.39, 0.29) is 4.84 Å². The molecule has 0 aliphatic carbocycles. The van der Waals surface area contributed by atoms with E-state index in [1.54, 1.807) is 10.6 Å². The number of rotatable bonds is 2. The van der Waals surface area contributed by atoms with Gasteiger partial charge < -0.3 is 8.94 Å². The predicted molar refractivity (Wildman–Crippen MR) is 92.9 cm³/mol. The Kier molecular flexibility index (Phi) is 3.39. The molecule has 0 radical (unpaired) electrons. The predicted octanol–water partition coefficient (Wildman–Crippen LogP) is 4.28. The van der Waals surface area contributed by atoms with E-state index in [2.05, 4.69) is 5.16 Å². The molecule has 118 valence electrons. The molecule has 2 aromatic carbocycles. The van der Waals surface area contributed by atoms with Crippen LogP contribution in [0, 0.1) is 11.8 Å². The second kappa shape index (κ2) is 5.58. The van der Waals surface area contributed by atoms with Crippen LogP contribution in [0.4, 0.5) is 0 Å². The van der Waals surface area contributed by atoms with Crippen molar-refractivity contribution in [3.05, 3.63) is 75.4 Å². The topological polar surface area (TPSA) is 61.2 Å². The third-order valence-electron chi connectivity index (χ3n) is 3.79. The third-order valence-corrected chi connectivity index (χ3v) is 4.04. The van der Waals surface area contributed by atoms with Crippen LogP contribution in [0.1, 0.15) is 5.56 Å². The molecule has 0 saturated heterocycles. The summed E-state index contributed by atoms with van der Waals surface area (Å²) in [5.41, 5.74) is 2.60. The van der Waals surface area contributed by atoms with Gasteiger partial charge in [-0.25, -0.2) is 9.36 Å². The fourth-order valence-electron chi connectivity index (χ4n) is 2.64. The molecule has 5 nitrogen and oxygen atoms in total. The standard InChI is InChI=1S/C18H12N2O3S/c1-11-6-8-12(9-7-11)20-17(19-23-18(20)24)14-10-16(21)22-15-5-3-2-4-13(14)15/h2-10H,1H3. The number of fused-ring (bicyclic) bond motifs is 1. The molecule has 0 saturated carbocycles. The van der Waals surface area contributed by atoms with Crippen molar-refractivity contribution in [2.45, 2.75) is 6.92 Å². The Bertz CT molecular complexity index is 1150. The minimum absolute atomic E-state index is 0.214. The summed E-state index contributed by atoms with van der Waals surface area (Å²) >= 11 is 5.28. The summed E-state index contributed by atoms with van der Waals surface area (Å²) in [5.74, 6) is 0.466. The van der Waals surface area contributed by atoms with Crippen LogP contribution >= 0.6 is 12.2 Å². The first-order valence-electron chi connectivity index (χ1n) is 7.32. The molecule has 0 fully saturated rings. The highest BCUT2D eigenvalue weighted by Crippen LogP contribution is 2.28. The Balaban J connectivity index is 2.05. The molecule has 0 aliphatic rings. The molecule has 0 atom stereocenters. The van der Waals surface area contributed by atoms with E-state index in [0.29, 0.717) is 17.0 Å². The molecule has 0 aliphatic heterocycles. The van der Waals surface area contributed by atoms with Crippen LogP contribution in [0.25, 0.3) is 28.0 Å². The number of hydrogen-bond donors (Lipinski definition) is 0. The van der Waals surface area contributed by atoms with Gasteiger partial charge in [-0.05, 0) is 37.3 Å². The Morgan fingerprint density at radius 1 is 1.08 bits per heavy atom. The lowest BCUT2D eigenvalue weighted by molar-refractivity contribution is 0.403. The van der Waals surface area contributed by atoms with Gasteiger partial charge in [0, 0.05) is 17.0 Å². The highest BCUT2D eigenvalue weighted by Gasteiger charge is 2.17. The van der Waals surface area contributed by atoms with E-state index in [1.807, 2.05) is 49.4 Å². The molecule has 4 rings (SSSR count). The zero-order valence-corrected chi connectivity index (χ0v) is 13.5. The molecule has 0 N–H and O–H groups in total. The van der Waals surface area contributed by atoms with Gasteiger partial charge in [0.25, 0.3) is 0 Å². The molecule has 4 aromatic rings. The first kappa shape index (κ1) is 14.6. The van der Waals surface area contributed by atoms with Gasteiger partial charge in [0.05, 0.1) is 5.69 Å². The van der Waals surface area contributed by atoms with Crippen LogP contribution in [0.15, 0.2) is 68.3 Å². The fourth-order valence-corrected chi connectivity index (χ4v) is 2.87. The maximum atomic E-state index is 11.9. The quantitative estimate of drug-likeness (QED) is 0.404. The van der Waals surface area contributed by atoms with Gasteiger partial charge in [0.2, 0.25) is 0 Å². The summed E-state index contributed by atoms with van der Waals surface area (Å²) in [6.45, 7) is 2.01. The van der Waals surface area contributed by atoms with Crippen LogP contribution in [0.5, 0.6) is 0 Å². The molecule has 0 spiro atoms. The molecule has 0 amide bonds. The Morgan fingerprint density at radius 3 is 2.62 bits per heavy atom. The monoisotopic (exact) mass is 336 g/mol. The van der Waals surface area contributed by atoms with Crippen molar-refractivity contribution in [2.24, 2.45) is 0 Å². The van der Waals surface area contributed by atoms with E-state index in [1.165, 1.54) is 6.07 Å². The summed E-state index contributed by atoms with van der Waals surface area (Å²) in [7, 11) is 0. The van der Waals surface area contributed by atoms with E-state index in [0.717, 1.165) is 16.6 Å². The van der Waals surface area contributed by atoms with Crippen LogP contribution < -0.4 is 5.63 Å². The number of aromatic nitrogens is 2.